The fraction of sp³-hybridized carbons (Fsp3) is 0.294. The third-order valence-corrected chi connectivity index (χ3v) is 5.77. The van der Waals surface area contributed by atoms with E-state index in [1.54, 1.807) is 0 Å². The van der Waals surface area contributed by atoms with E-state index in [2.05, 4.69) is 0 Å². The van der Waals surface area contributed by atoms with Crippen LogP contribution in [0.1, 0.15) is 5.56 Å². The van der Waals surface area contributed by atoms with Crippen LogP contribution in [-0.4, -0.2) is 44.4 Å². The molecule has 0 spiro atoms. The Hall–Kier alpha value is -2.49. The van der Waals surface area contributed by atoms with Crippen LogP contribution in [-0.2, 0) is 16.4 Å². The second-order valence-corrected chi connectivity index (χ2v) is 7.43. The number of sulfonamides is 1. The normalized spacial score (nSPS) is 11.5. The lowest BCUT2D eigenvalue weighted by atomic mass is 10.1. The zero-order valence-corrected chi connectivity index (χ0v) is 15.2. The summed E-state index contributed by atoms with van der Waals surface area (Å²) in [6.45, 7) is 0.432. The summed E-state index contributed by atoms with van der Waals surface area (Å²) in [7, 11) is -2.69. The summed E-state index contributed by atoms with van der Waals surface area (Å²) in [4.78, 5) is 10.1. The number of hydrogen-bond acceptors (Lipinski definition) is 6. The van der Waals surface area contributed by atoms with Gasteiger partial charge in [-0.25, -0.2) is 8.42 Å². The summed E-state index contributed by atoms with van der Waals surface area (Å²) in [6, 6.07) is 12.9. The van der Waals surface area contributed by atoms with Gasteiger partial charge in [0.25, 0.3) is 5.69 Å². The highest BCUT2D eigenvalue weighted by atomic mass is 32.2. The fourth-order valence-corrected chi connectivity index (χ4v) is 4.15. The summed E-state index contributed by atoms with van der Waals surface area (Å²) >= 11 is 0. The van der Waals surface area contributed by atoms with Crippen molar-refractivity contribution >= 4 is 15.7 Å². The largest absolute Gasteiger partial charge is 0.495 e. The zero-order valence-electron chi connectivity index (χ0n) is 14.4. The maximum absolute atomic E-state index is 13.1. The molecule has 0 unspecified atom stereocenters. The van der Waals surface area contributed by atoms with Crippen LogP contribution in [0, 0.1) is 10.1 Å². The number of benzene rings is 2. The van der Waals surface area contributed by atoms with Gasteiger partial charge >= 0.3 is 0 Å². The molecule has 2 N–H and O–H groups in total. The van der Waals surface area contributed by atoms with E-state index in [9.17, 15) is 18.5 Å². The third kappa shape index (κ3) is 4.57. The smallest absolute Gasteiger partial charge is 0.271 e. The molecule has 26 heavy (non-hydrogen) atoms. The fourth-order valence-electron chi connectivity index (χ4n) is 2.51. The number of hydrogen-bond donors (Lipinski definition) is 1. The van der Waals surface area contributed by atoms with Gasteiger partial charge in [-0.05, 0) is 18.1 Å². The molecule has 2 aromatic carbocycles. The minimum atomic E-state index is -4.01. The molecule has 0 aliphatic rings. The first-order chi connectivity index (χ1) is 12.4. The van der Waals surface area contributed by atoms with Crippen molar-refractivity contribution < 1.29 is 18.1 Å². The Kier molecular flexibility index (Phi) is 6.67. The van der Waals surface area contributed by atoms with Crippen LogP contribution in [0.2, 0.25) is 0 Å². The van der Waals surface area contributed by atoms with Crippen molar-refractivity contribution in [2.45, 2.75) is 11.3 Å². The molecule has 0 amide bonds. The Labute approximate surface area is 152 Å². The number of nitro groups is 1. The van der Waals surface area contributed by atoms with E-state index >= 15 is 0 Å². The molecule has 0 aliphatic carbocycles. The van der Waals surface area contributed by atoms with Gasteiger partial charge < -0.3 is 10.5 Å². The van der Waals surface area contributed by atoms with Crippen molar-refractivity contribution in [3.63, 3.8) is 0 Å². The zero-order chi connectivity index (χ0) is 19.2. The van der Waals surface area contributed by atoms with E-state index in [1.165, 1.54) is 23.5 Å². The van der Waals surface area contributed by atoms with E-state index in [4.69, 9.17) is 10.5 Å². The van der Waals surface area contributed by atoms with Gasteiger partial charge in [-0.1, -0.05) is 30.3 Å². The van der Waals surface area contributed by atoms with Crippen molar-refractivity contribution in [2.24, 2.45) is 5.73 Å². The van der Waals surface area contributed by atoms with Gasteiger partial charge in [0.2, 0.25) is 10.0 Å². The Morgan fingerprint density at radius 1 is 1.15 bits per heavy atom. The van der Waals surface area contributed by atoms with E-state index < -0.39 is 14.9 Å². The van der Waals surface area contributed by atoms with Gasteiger partial charge in [0.1, 0.15) is 10.6 Å². The summed E-state index contributed by atoms with van der Waals surface area (Å²) in [5.74, 6) is 0.0531. The summed E-state index contributed by atoms with van der Waals surface area (Å²) in [5, 5.41) is 11.0. The topological polar surface area (TPSA) is 116 Å². The quantitative estimate of drug-likeness (QED) is 0.524. The highest BCUT2D eigenvalue weighted by Gasteiger charge is 2.29. The van der Waals surface area contributed by atoms with Gasteiger partial charge in [-0.2, -0.15) is 4.31 Å². The Bertz CT molecular complexity index is 856. The van der Waals surface area contributed by atoms with Crippen molar-refractivity contribution in [1.82, 2.24) is 4.31 Å². The molecule has 0 aliphatic heterocycles. The van der Waals surface area contributed by atoms with Crippen molar-refractivity contribution in [2.75, 3.05) is 26.7 Å². The van der Waals surface area contributed by atoms with Gasteiger partial charge in [0, 0.05) is 31.8 Å². The maximum Gasteiger partial charge on any atom is 0.271 e. The first-order valence-electron chi connectivity index (χ1n) is 7.96. The number of non-ortho nitro benzene ring substituents is 1. The molecule has 0 saturated carbocycles. The maximum atomic E-state index is 13.1. The summed E-state index contributed by atoms with van der Waals surface area (Å²) in [5.41, 5.74) is 6.24. The Balaban J connectivity index is 2.37. The first kappa shape index (κ1) is 19.8. The summed E-state index contributed by atoms with van der Waals surface area (Å²) < 4.78 is 32.5. The lowest BCUT2D eigenvalue weighted by Gasteiger charge is -2.22. The molecule has 140 valence electrons. The molecule has 0 radical (unpaired) electrons. The van der Waals surface area contributed by atoms with E-state index in [0.717, 1.165) is 11.6 Å². The number of nitrogens with two attached hydrogens (primary N) is 1. The molecule has 2 rings (SSSR count). The molecule has 9 heteroatoms. The van der Waals surface area contributed by atoms with Gasteiger partial charge in [-0.15, -0.1) is 0 Å². The minimum Gasteiger partial charge on any atom is -0.495 e. The van der Waals surface area contributed by atoms with Crippen LogP contribution in [0.4, 0.5) is 5.69 Å². The second kappa shape index (κ2) is 8.75. The van der Waals surface area contributed by atoms with Crippen LogP contribution in [0.25, 0.3) is 0 Å². The van der Waals surface area contributed by atoms with Crippen molar-refractivity contribution in [1.29, 1.82) is 0 Å². The van der Waals surface area contributed by atoms with E-state index in [1.807, 2.05) is 30.3 Å². The van der Waals surface area contributed by atoms with Gasteiger partial charge in [0.15, 0.2) is 0 Å². The molecular formula is C17H21N3O5S. The highest BCUT2D eigenvalue weighted by Crippen LogP contribution is 2.30. The van der Waals surface area contributed by atoms with Crippen LogP contribution in [0.5, 0.6) is 5.75 Å². The number of rotatable bonds is 9. The van der Waals surface area contributed by atoms with Crippen LogP contribution in [0.15, 0.2) is 53.4 Å². The molecule has 8 nitrogen and oxygen atoms in total. The van der Waals surface area contributed by atoms with Gasteiger partial charge in [0.05, 0.1) is 12.0 Å². The number of nitro benzene ring substituents is 1. The molecule has 0 fully saturated rings. The Morgan fingerprint density at radius 3 is 2.42 bits per heavy atom. The predicted molar refractivity (Wildman–Crippen MR) is 97.6 cm³/mol. The average molecular weight is 379 g/mol. The lowest BCUT2D eigenvalue weighted by molar-refractivity contribution is -0.385. The van der Waals surface area contributed by atoms with Crippen LogP contribution < -0.4 is 10.5 Å². The number of ether oxygens (including phenoxy) is 1. The molecule has 0 saturated heterocycles. The molecule has 0 heterocycles. The number of methoxy groups -OCH3 is 1. The molecular weight excluding hydrogens is 358 g/mol. The SMILES string of the molecule is COc1ccc([N+](=O)[O-])cc1S(=O)(=O)N(CCN)CCc1ccccc1. The van der Waals surface area contributed by atoms with Gasteiger partial charge in [-0.3, -0.25) is 10.1 Å². The highest BCUT2D eigenvalue weighted by molar-refractivity contribution is 7.89. The van der Waals surface area contributed by atoms with E-state index in [-0.39, 0.29) is 36.0 Å². The monoisotopic (exact) mass is 379 g/mol. The summed E-state index contributed by atoms with van der Waals surface area (Å²) in [6.07, 6.45) is 0.497. The third-order valence-electron chi connectivity index (χ3n) is 3.85. The van der Waals surface area contributed by atoms with E-state index in [0.29, 0.717) is 6.42 Å². The van der Waals surface area contributed by atoms with Crippen molar-refractivity contribution in [3.05, 3.63) is 64.2 Å². The molecule has 0 bridgehead atoms. The van der Waals surface area contributed by atoms with Crippen LogP contribution in [0.3, 0.4) is 0 Å². The van der Waals surface area contributed by atoms with Crippen LogP contribution >= 0.6 is 0 Å². The minimum absolute atomic E-state index is 0.0531. The molecule has 2 aromatic rings. The standard InChI is InChI=1S/C17H21N3O5S/c1-25-16-8-7-15(20(21)22)13-17(16)26(23,24)19(12-10-18)11-9-14-5-3-2-4-6-14/h2-8,13H,9-12,18H2,1H3. The average Bonchev–Trinajstić information content (AvgIpc) is 2.65. The predicted octanol–water partition coefficient (Wildman–Crippen LogP) is 1.80. The van der Waals surface area contributed by atoms with Crippen molar-refractivity contribution in [3.8, 4) is 5.75 Å². The molecule has 0 aromatic heterocycles. The Morgan fingerprint density at radius 2 is 1.85 bits per heavy atom. The second-order valence-electron chi connectivity index (χ2n) is 5.52. The molecule has 0 atom stereocenters. The first-order valence-corrected chi connectivity index (χ1v) is 9.40. The lowest BCUT2D eigenvalue weighted by Crippen LogP contribution is -2.37. The number of nitrogens with zero attached hydrogens (tertiary/aromatic N) is 2.